The fourth-order valence-corrected chi connectivity index (χ4v) is 2.88. The summed E-state index contributed by atoms with van der Waals surface area (Å²) in [5.41, 5.74) is 2.91. The molecule has 0 spiro atoms. The van der Waals surface area contributed by atoms with E-state index in [1.165, 1.54) is 11.1 Å². The van der Waals surface area contributed by atoms with Gasteiger partial charge in [-0.1, -0.05) is 24.3 Å². The molecule has 1 unspecified atom stereocenters. The Balaban J connectivity index is 1.48. The first-order valence-corrected chi connectivity index (χ1v) is 6.88. The smallest absolute Gasteiger partial charge is 0.248 e. The van der Waals surface area contributed by atoms with Crippen LogP contribution in [0.1, 0.15) is 11.1 Å². The summed E-state index contributed by atoms with van der Waals surface area (Å²) >= 11 is 0. The number of likely N-dealkylation sites (N-methyl/N-ethyl adjacent to an activating group) is 1. The molecule has 0 radical (unpaired) electrons. The van der Waals surface area contributed by atoms with Crippen molar-refractivity contribution in [3.63, 3.8) is 0 Å². The molecular weight excluding hydrogens is 240 g/mol. The number of nitrogens with one attached hydrogen (secondary N) is 1. The average molecular weight is 260 g/mol. The van der Waals surface area contributed by atoms with Gasteiger partial charge in [-0.2, -0.15) is 0 Å². The highest BCUT2D eigenvalue weighted by molar-refractivity contribution is 5.77. The van der Waals surface area contributed by atoms with E-state index >= 15 is 0 Å². The minimum atomic E-state index is 0.0736. The number of hydrogen-bond acceptors (Lipinski definition) is 3. The van der Waals surface area contributed by atoms with Crippen LogP contribution in [0.25, 0.3) is 0 Å². The van der Waals surface area contributed by atoms with Crippen molar-refractivity contribution in [2.75, 3.05) is 26.7 Å². The number of amides is 1. The summed E-state index contributed by atoms with van der Waals surface area (Å²) in [5.74, 6) is 0.0736. The molecule has 1 aliphatic carbocycles. The Morgan fingerprint density at radius 2 is 2.00 bits per heavy atom. The van der Waals surface area contributed by atoms with Crippen molar-refractivity contribution in [3.8, 4) is 0 Å². The second-order valence-corrected chi connectivity index (χ2v) is 5.49. The lowest BCUT2D eigenvalue weighted by atomic mass is 10.1. The normalized spacial score (nSPS) is 23.7. The molecule has 1 aliphatic heterocycles. The first-order valence-electron chi connectivity index (χ1n) is 6.88. The lowest BCUT2D eigenvalue weighted by Crippen LogP contribution is -2.49. The fourth-order valence-electron chi connectivity index (χ4n) is 2.88. The minimum Gasteiger partial charge on any atom is -0.365 e. The number of nitrogens with zero attached hydrogens (tertiary/aromatic N) is 1. The van der Waals surface area contributed by atoms with Crippen molar-refractivity contribution in [2.45, 2.75) is 25.0 Å². The van der Waals surface area contributed by atoms with Gasteiger partial charge in [0.15, 0.2) is 0 Å². The van der Waals surface area contributed by atoms with Gasteiger partial charge in [0.25, 0.3) is 0 Å². The van der Waals surface area contributed by atoms with Gasteiger partial charge in [0.2, 0.25) is 5.91 Å². The van der Waals surface area contributed by atoms with Crippen molar-refractivity contribution >= 4 is 5.91 Å². The monoisotopic (exact) mass is 260 g/mol. The molecule has 0 bridgehead atoms. The van der Waals surface area contributed by atoms with Crippen LogP contribution < -0.4 is 5.32 Å². The molecule has 19 heavy (non-hydrogen) atoms. The van der Waals surface area contributed by atoms with Crippen LogP contribution in [-0.2, 0) is 22.4 Å². The second kappa shape index (κ2) is 5.31. The van der Waals surface area contributed by atoms with E-state index in [1.807, 2.05) is 7.05 Å². The zero-order valence-corrected chi connectivity index (χ0v) is 11.3. The average Bonchev–Trinajstić information content (AvgIpc) is 2.83. The molecule has 4 nitrogen and oxygen atoms in total. The van der Waals surface area contributed by atoms with Gasteiger partial charge in [0.1, 0.15) is 6.61 Å². The van der Waals surface area contributed by atoms with Crippen LogP contribution in [-0.4, -0.2) is 49.7 Å². The number of hydrogen-bond donors (Lipinski definition) is 1. The Morgan fingerprint density at radius 3 is 2.63 bits per heavy atom. The summed E-state index contributed by atoms with van der Waals surface area (Å²) < 4.78 is 5.54. The second-order valence-electron chi connectivity index (χ2n) is 5.49. The summed E-state index contributed by atoms with van der Waals surface area (Å²) in [4.78, 5) is 13.1. The predicted octanol–water partition coefficient (Wildman–Crippen LogP) is 0.601. The Bertz CT molecular complexity index is 450. The summed E-state index contributed by atoms with van der Waals surface area (Å²) in [7, 11) is 1.84. The third-order valence-corrected chi connectivity index (χ3v) is 4.03. The number of carbonyl (C=O) groups excluding carboxylic acids is 1. The van der Waals surface area contributed by atoms with Gasteiger partial charge < -0.3 is 15.0 Å². The summed E-state index contributed by atoms with van der Waals surface area (Å²) in [6, 6.07) is 9.13. The van der Waals surface area contributed by atoms with Crippen molar-refractivity contribution in [3.05, 3.63) is 35.4 Å². The zero-order valence-electron chi connectivity index (χ0n) is 11.3. The van der Waals surface area contributed by atoms with E-state index in [9.17, 15) is 4.79 Å². The highest BCUT2D eigenvalue weighted by Crippen LogP contribution is 2.21. The fraction of sp³-hybridized carbons (Fsp3) is 0.533. The first-order chi connectivity index (χ1) is 9.22. The Morgan fingerprint density at radius 1 is 1.32 bits per heavy atom. The van der Waals surface area contributed by atoms with Gasteiger partial charge >= 0.3 is 0 Å². The molecule has 3 rings (SSSR count). The van der Waals surface area contributed by atoms with Crippen molar-refractivity contribution in [1.82, 2.24) is 10.2 Å². The molecule has 1 aromatic rings. The first kappa shape index (κ1) is 12.6. The largest absolute Gasteiger partial charge is 0.365 e. The molecular formula is C15H20N2O2. The van der Waals surface area contributed by atoms with Crippen LogP contribution in [0.5, 0.6) is 0 Å². The maximum Gasteiger partial charge on any atom is 0.248 e. The van der Waals surface area contributed by atoms with E-state index in [0.717, 1.165) is 19.4 Å². The van der Waals surface area contributed by atoms with E-state index < -0.39 is 0 Å². The molecule has 2 aliphatic rings. The number of carbonyl (C=O) groups is 1. The summed E-state index contributed by atoms with van der Waals surface area (Å²) in [5, 5.41) is 3.57. The number of rotatable bonds is 3. The Hall–Kier alpha value is -1.39. The Labute approximate surface area is 113 Å². The quantitative estimate of drug-likeness (QED) is 0.865. The maximum absolute atomic E-state index is 11.3. The molecule has 1 saturated heterocycles. The van der Waals surface area contributed by atoms with Gasteiger partial charge in [-0.05, 0) is 24.0 Å². The number of ether oxygens (including phenoxy) is 1. The molecule has 102 valence electrons. The lowest BCUT2D eigenvalue weighted by Gasteiger charge is -2.30. The Kier molecular flexibility index (Phi) is 3.53. The van der Waals surface area contributed by atoms with E-state index in [-0.39, 0.29) is 18.6 Å². The van der Waals surface area contributed by atoms with Crippen molar-refractivity contribution in [2.24, 2.45) is 0 Å². The number of morpholine rings is 1. The predicted molar refractivity (Wildman–Crippen MR) is 73.0 cm³/mol. The maximum atomic E-state index is 11.3. The molecule has 1 atom stereocenters. The van der Waals surface area contributed by atoms with Crippen molar-refractivity contribution < 1.29 is 9.53 Å². The lowest BCUT2D eigenvalue weighted by molar-refractivity contribution is -0.146. The van der Waals surface area contributed by atoms with Gasteiger partial charge in [0, 0.05) is 26.2 Å². The zero-order chi connectivity index (χ0) is 13.2. The molecule has 1 N–H and O–H groups in total. The molecule has 1 fully saturated rings. The standard InChI is InChI=1S/C15H20N2O2/c1-17-9-14(19-10-15(17)18)8-16-13-6-11-4-2-3-5-12(11)7-13/h2-5,13-14,16H,6-10H2,1H3. The molecule has 4 heteroatoms. The summed E-state index contributed by atoms with van der Waals surface area (Å²) in [6.07, 6.45) is 2.31. The highest BCUT2D eigenvalue weighted by atomic mass is 16.5. The number of fused-ring (bicyclic) bond motifs is 1. The summed E-state index contributed by atoms with van der Waals surface area (Å²) in [6.45, 7) is 1.72. The van der Waals surface area contributed by atoms with E-state index in [0.29, 0.717) is 12.6 Å². The van der Waals surface area contributed by atoms with Crippen molar-refractivity contribution in [1.29, 1.82) is 0 Å². The van der Waals surface area contributed by atoms with Gasteiger partial charge in [-0.3, -0.25) is 4.79 Å². The van der Waals surface area contributed by atoms with Gasteiger partial charge in [-0.15, -0.1) is 0 Å². The molecule has 1 heterocycles. The molecule has 1 aromatic carbocycles. The van der Waals surface area contributed by atoms with Crippen LogP contribution in [0.3, 0.4) is 0 Å². The van der Waals surface area contributed by atoms with Gasteiger partial charge in [-0.25, -0.2) is 0 Å². The molecule has 0 aromatic heterocycles. The topological polar surface area (TPSA) is 41.6 Å². The minimum absolute atomic E-state index is 0.0736. The van der Waals surface area contributed by atoms with E-state index in [4.69, 9.17) is 4.74 Å². The van der Waals surface area contributed by atoms with E-state index in [2.05, 4.69) is 29.6 Å². The van der Waals surface area contributed by atoms with Crippen LogP contribution in [0.4, 0.5) is 0 Å². The van der Waals surface area contributed by atoms with E-state index in [1.54, 1.807) is 4.90 Å². The highest BCUT2D eigenvalue weighted by Gasteiger charge is 2.25. The third kappa shape index (κ3) is 2.80. The van der Waals surface area contributed by atoms with Gasteiger partial charge in [0.05, 0.1) is 6.10 Å². The van der Waals surface area contributed by atoms with Crippen LogP contribution in [0.2, 0.25) is 0 Å². The number of benzene rings is 1. The third-order valence-electron chi connectivity index (χ3n) is 4.03. The van der Waals surface area contributed by atoms with Crippen LogP contribution in [0, 0.1) is 0 Å². The van der Waals surface area contributed by atoms with Crippen LogP contribution in [0.15, 0.2) is 24.3 Å². The SMILES string of the molecule is CN1CC(CNC2Cc3ccccc3C2)OCC1=O. The molecule has 1 amide bonds. The molecule has 0 saturated carbocycles. The van der Waals surface area contributed by atoms with Crippen LogP contribution >= 0.6 is 0 Å².